The minimum absolute atomic E-state index is 0.166. The predicted molar refractivity (Wildman–Crippen MR) is 97.0 cm³/mol. The molecule has 4 nitrogen and oxygen atoms in total. The zero-order valence-electron chi connectivity index (χ0n) is 14.2. The lowest BCUT2D eigenvalue weighted by Gasteiger charge is -2.17. The zero-order chi connectivity index (χ0) is 19.4. The Balaban J connectivity index is 1.62. The Kier molecular flexibility index (Phi) is 5.51. The van der Waals surface area contributed by atoms with Crippen LogP contribution in [0.2, 0.25) is 5.15 Å². The summed E-state index contributed by atoms with van der Waals surface area (Å²) in [6, 6.07) is 15.2. The summed E-state index contributed by atoms with van der Waals surface area (Å²) in [5.41, 5.74) is 0.891. The third kappa shape index (κ3) is 5.10. The molecule has 0 aliphatic carbocycles. The van der Waals surface area contributed by atoms with Crippen LogP contribution in [-0.2, 0) is 6.18 Å². The Morgan fingerprint density at radius 1 is 0.926 bits per heavy atom. The van der Waals surface area contributed by atoms with Crippen LogP contribution in [0.5, 0.6) is 11.6 Å². The van der Waals surface area contributed by atoms with Gasteiger partial charge in [-0.1, -0.05) is 23.7 Å². The normalized spacial score (nSPS) is 12.5. The number of ether oxygens (including phenoxy) is 1. The van der Waals surface area contributed by atoms with Crippen LogP contribution in [0.4, 0.5) is 18.9 Å². The Morgan fingerprint density at radius 3 is 2.15 bits per heavy atom. The van der Waals surface area contributed by atoms with E-state index in [1.54, 1.807) is 36.4 Å². The molecule has 3 rings (SSSR count). The third-order valence-electron chi connectivity index (χ3n) is 3.81. The molecule has 0 spiro atoms. The summed E-state index contributed by atoms with van der Waals surface area (Å²) < 4.78 is 43.5. The molecule has 0 fully saturated rings. The lowest BCUT2D eigenvalue weighted by atomic mass is 10.1. The first-order chi connectivity index (χ1) is 12.8. The fourth-order valence-corrected chi connectivity index (χ4v) is 2.49. The van der Waals surface area contributed by atoms with Crippen molar-refractivity contribution in [1.82, 2.24) is 10.2 Å². The second-order valence-corrected chi connectivity index (χ2v) is 6.19. The first kappa shape index (κ1) is 19.0. The van der Waals surface area contributed by atoms with Gasteiger partial charge >= 0.3 is 6.18 Å². The number of benzene rings is 2. The smallest absolute Gasteiger partial charge is 0.416 e. The molecule has 0 saturated heterocycles. The fraction of sp³-hybridized carbons (Fsp3) is 0.158. The molecule has 2 aromatic carbocycles. The molecule has 0 radical (unpaired) electrons. The highest BCUT2D eigenvalue weighted by atomic mass is 35.5. The Bertz CT molecular complexity index is 882. The molecular weight excluding hydrogens is 379 g/mol. The molecule has 1 N–H and O–H groups in total. The Labute approximate surface area is 159 Å². The van der Waals surface area contributed by atoms with Gasteiger partial charge in [0.15, 0.2) is 5.15 Å². The van der Waals surface area contributed by atoms with Gasteiger partial charge in [0.05, 0.1) is 5.56 Å². The van der Waals surface area contributed by atoms with Gasteiger partial charge in [0.1, 0.15) is 5.75 Å². The second-order valence-electron chi connectivity index (χ2n) is 5.81. The molecule has 0 saturated carbocycles. The summed E-state index contributed by atoms with van der Waals surface area (Å²) in [7, 11) is 0. The van der Waals surface area contributed by atoms with Gasteiger partial charge in [0.25, 0.3) is 0 Å². The number of nitrogens with one attached hydrogen (secondary N) is 1. The molecule has 1 heterocycles. The van der Waals surface area contributed by atoms with Crippen LogP contribution in [0.3, 0.4) is 0 Å². The summed E-state index contributed by atoms with van der Waals surface area (Å²) in [6.07, 6.45) is -4.33. The monoisotopic (exact) mass is 393 g/mol. The average Bonchev–Trinajstić information content (AvgIpc) is 2.64. The van der Waals surface area contributed by atoms with E-state index in [0.29, 0.717) is 11.6 Å². The van der Waals surface area contributed by atoms with Crippen molar-refractivity contribution < 1.29 is 17.9 Å². The maximum atomic E-state index is 12.6. The van der Waals surface area contributed by atoms with Gasteiger partial charge < -0.3 is 10.1 Å². The first-order valence-electron chi connectivity index (χ1n) is 8.02. The molecular formula is C19H15ClF3N3O. The van der Waals surface area contributed by atoms with Crippen LogP contribution in [0, 0.1) is 0 Å². The van der Waals surface area contributed by atoms with Crippen molar-refractivity contribution in [1.29, 1.82) is 0 Å². The van der Waals surface area contributed by atoms with Gasteiger partial charge in [-0.15, -0.1) is 10.2 Å². The number of anilines is 1. The van der Waals surface area contributed by atoms with E-state index in [9.17, 15) is 13.2 Å². The third-order valence-corrected chi connectivity index (χ3v) is 4.01. The fourth-order valence-electron chi connectivity index (χ4n) is 2.39. The van der Waals surface area contributed by atoms with Crippen molar-refractivity contribution in [2.45, 2.75) is 19.1 Å². The summed E-state index contributed by atoms with van der Waals surface area (Å²) >= 11 is 5.67. The van der Waals surface area contributed by atoms with Crippen LogP contribution in [0.15, 0.2) is 60.7 Å². The summed E-state index contributed by atoms with van der Waals surface area (Å²) in [6.45, 7) is 1.87. The topological polar surface area (TPSA) is 47.0 Å². The van der Waals surface area contributed by atoms with Crippen molar-refractivity contribution in [3.8, 4) is 11.6 Å². The predicted octanol–water partition coefficient (Wildman–Crippen LogP) is 6.11. The highest BCUT2D eigenvalue weighted by Crippen LogP contribution is 2.30. The quantitative estimate of drug-likeness (QED) is 0.567. The van der Waals surface area contributed by atoms with E-state index < -0.39 is 11.7 Å². The van der Waals surface area contributed by atoms with E-state index in [1.165, 1.54) is 12.1 Å². The highest BCUT2D eigenvalue weighted by molar-refractivity contribution is 6.29. The molecule has 27 heavy (non-hydrogen) atoms. The van der Waals surface area contributed by atoms with Crippen molar-refractivity contribution in [2.75, 3.05) is 5.32 Å². The molecule has 0 amide bonds. The molecule has 1 aromatic heterocycles. The lowest BCUT2D eigenvalue weighted by molar-refractivity contribution is -0.137. The van der Waals surface area contributed by atoms with Crippen molar-refractivity contribution in [2.24, 2.45) is 0 Å². The molecule has 140 valence electrons. The van der Waals surface area contributed by atoms with E-state index in [2.05, 4.69) is 15.5 Å². The van der Waals surface area contributed by atoms with Crippen molar-refractivity contribution in [3.05, 3.63) is 76.9 Å². The van der Waals surface area contributed by atoms with Crippen LogP contribution in [0.1, 0.15) is 24.1 Å². The summed E-state index contributed by atoms with van der Waals surface area (Å²) in [5, 5.41) is 11.0. The number of alkyl halides is 3. The van der Waals surface area contributed by atoms with E-state index in [4.69, 9.17) is 16.3 Å². The minimum Gasteiger partial charge on any atom is -0.438 e. The largest absolute Gasteiger partial charge is 0.438 e. The number of halogens is 4. The number of hydrogen-bond donors (Lipinski definition) is 1. The number of aromatic nitrogens is 2. The van der Waals surface area contributed by atoms with Gasteiger partial charge in [-0.2, -0.15) is 13.2 Å². The van der Waals surface area contributed by atoms with Gasteiger partial charge in [-0.3, -0.25) is 0 Å². The van der Waals surface area contributed by atoms with E-state index in [1.807, 2.05) is 6.92 Å². The van der Waals surface area contributed by atoms with E-state index in [-0.39, 0.29) is 11.2 Å². The minimum atomic E-state index is -4.33. The molecule has 0 unspecified atom stereocenters. The SMILES string of the molecule is C[C@@H](Nc1ccc(Oc2ccc(Cl)nn2)cc1)c1ccc(C(F)(F)F)cc1. The van der Waals surface area contributed by atoms with Gasteiger partial charge in [-0.05, 0) is 55.0 Å². The maximum Gasteiger partial charge on any atom is 0.416 e. The van der Waals surface area contributed by atoms with Gasteiger partial charge in [0, 0.05) is 17.8 Å². The first-order valence-corrected chi connectivity index (χ1v) is 8.40. The Morgan fingerprint density at radius 2 is 1.59 bits per heavy atom. The number of rotatable bonds is 5. The second kappa shape index (κ2) is 7.84. The van der Waals surface area contributed by atoms with Crippen LogP contribution >= 0.6 is 11.6 Å². The van der Waals surface area contributed by atoms with Crippen LogP contribution in [-0.4, -0.2) is 10.2 Å². The molecule has 3 aromatic rings. The summed E-state index contributed by atoms with van der Waals surface area (Å²) in [4.78, 5) is 0. The number of hydrogen-bond acceptors (Lipinski definition) is 4. The molecule has 0 aliphatic rings. The van der Waals surface area contributed by atoms with Crippen molar-refractivity contribution in [3.63, 3.8) is 0 Å². The van der Waals surface area contributed by atoms with Gasteiger partial charge in [-0.25, -0.2) is 0 Å². The van der Waals surface area contributed by atoms with E-state index >= 15 is 0 Å². The Hall–Kier alpha value is -2.80. The number of nitrogens with zero attached hydrogens (tertiary/aromatic N) is 2. The maximum absolute atomic E-state index is 12.6. The molecule has 8 heteroatoms. The average molecular weight is 394 g/mol. The van der Waals surface area contributed by atoms with Crippen LogP contribution in [0.25, 0.3) is 0 Å². The standard InChI is InChI=1S/C19H15ClF3N3O/c1-12(13-2-4-14(5-3-13)19(21,22)23)24-15-6-8-16(9-7-15)27-18-11-10-17(20)25-26-18/h2-12,24H,1H3/t12-/m1/s1. The van der Waals surface area contributed by atoms with E-state index in [0.717, 1.165) is 23.4 Å². The summed E-state index contributed by atoms with van der Waals surface area (Å²) in [5.74, 6) is 0.887. The highest BCUT2D eigenvalue weighted by Gasteiger charge is 2.30. The lowest BCUT2D eigenvalue weighted by Crippen LogP contribution is -2.08. The van der Waals surface area contributed by atoms with Crippen molar-refractivity contribution >= 4 is 17.3 Å². The molecule has 0 aliphatic heterocycles. The van der Waals surface area contributed by atoms with Crippen LogP contribution < -0.4 is 10.1 Å². The van der Waals surface area contributed by atoms with Gasteiger partial charge in [0.2, 0.25) is 5.88 Å². The molecule has 0 bridgehead atoms. The molecule has 1 atom stereocenters. The zero-order valence-corrected chi connectivity index (χ0v) is 14.9.